The molecule has 0 aromatic rings. The third kappa shape index (κ3) is 61.6. The molecule has 0 bridgehead atoms. The minimum absolute atomic E-state index is 0.246. The Morgan fingerprint density at radius 3 is 0.949 bits per heavy atom. The Hall–Kier alpha value is 0.680. The van der Waals surface area contributed by atoms with Crippen molar-refractivity contribution in [2.24, 2.45) is 0 Å². The van der Waals surface area contributed by atoms with Crippen molar-refractivity contribution >= 4 is 41.4 Å². The van der Waals surface area contributed by atoms with E-state index in [-0.39, 0.29) is 5.75 Å². The van der Waals surface area contributed by atoms with E-state index in [2.05, 4.69) is 56.3 Å². The zero-order chi connectivity index (χ0) is 57.9. The summed E-state index contributed by atoms with van der Waals surface area (Å²) in [5.74, 6) is 2.43. The molecule has 0 rings (SSSR count). The van der Waals surface area contributed by atoms with E-state index in [1.165, 1.54) is 307 Å². The molecule has 0 saturated carbocycles. The number of rotatable bonds is 68. The lowest BCUT2D eigenvalue weighted by atomic mass is 10.0. The molecule has 79 heavy (non-hydrogen) atoms. The van der Waals surface area contributed by atoms with E-state index in [0.29, 0.717) is 43.8 Å². The van der Waals surface area contributed by atoms with Gasteiger partial charge in [0.05, 0.1) is 52.7 Å². The van der Waals surface area contributed by atoms with Crippen LogP contribution in [0.2, 0.25) is 0 Å². The van der Waals surface area contributed by atoms with Gasteiger partial charge < -0.3 is 4.48 Å². The molecule has 2 unspecified atom stereocenters. The molecule has 0 heterocycles. The lowest BCUT2D eigenvalue weighted by Crippen LogP contribution is -2.45. The second-order valence-corrected chi connectivity index (χ2v) is 31.3. The Kier molecular flexibility index (Phi) is 60.9. The fourth-order valence-corrected chi connectivity index (χ4v) is 15.7. The average Bonchev–Trinajstić information content (AvgIpc) is 3.41. The first kappa shape index (κ1) is 79.7. The predicted octanol–water partition coefficient (Wildman–Crippen LogP) is 22.9. The van der Waals surface area contributed by atoms with Gasteiger partial charge in [-0.1, -0.05) is 297 Å². The first-order valence-electron chi connectivity index (χ1n) is 35.0. The van der Waals surface area contributed by atoms with Crippen molar-refractivity contribution in [1.29, 1.82) is 0 Å². The van der Waals surface area contributed by atoms with Crippen molar-refractivity contribution in [3.8, 4) is 0 Å². The van der Waals surface area contributed by atoms with Crippen molar-refractivity contribution in [3.63, 3.8) is 0 Å². The summed E-state index contributed by atoms with van der Waals surface area (Å²) in [5, 5.41) is 4.82. The number of hydrogen-bond donors (Lipinski definition) is 2. The highest BCUT2D eigenvalue weighted by Crippen LogP contribution is 2.44. The van der Waals surface area contributed by atoms with Crippen LogP contribution in [0.5, 0.6) is 0 Å². The van der Waals surface area contributed by atoms with E-state index in [1.54, 1.807) is 0 Å². The van der Waals surface area contributed by atoms with Crippen LogP contribution in [0.3, 0.4) is 0 Å². The quantitative estimate of drug-likeness (QED) is 0.0267. The number of hydrogen-bond acceptors (Lipinski definition) is 7. The number of unbranched alkanes of at least 4 members (excludes halogenated alkanes) is 40. The van der Waals surface area contributed by atoms with Gasteiger partial charge in [-0.15, -0.1) is 0 Å². The van der Waals surface area contributed by atoms with Gasteiger partial charge in [0.1, 0.15) is 0 Å². The van der Waals surface area contributed by atoms with Crippen LogP contribution in [0, 0.1) is 0 Å². The second kappa shape index (κ2) is 60.4. The Labute approximate surface area is 504 Å². The fourth-order valence-electron chi connectivity index (χ4n) is 11.1. The molecule has 0 aliphatic carbocycles. The van der Waals surface area contributed by atoms with E-state index < -0.39 is 17.9 Å². The van der Waals surface area contributed by atoms with Crippen LogP contribution in [-0.4, -0.2) is 92.2 Å². The molecule has 0 aromatic heterocycles. The summed E-state index contributed by atoms with van der Waals surface area (Å²) < 4.78 is 58.8. The molecule has 0 fully saturated rings. The summed E-state index contributed by atoms with van der Waals surface area (Å²) in [6.07, 6.45) is 67.7. The molecular formula is C67H140N2O6PS3+. The summed E-state index contributed by atoms with van der Waals surface area (Å²) in [7, 11) is -3.43. The lowest BCUT2D eigenvalue weighted by molar-refractivity contribution is -0.889. The highest BCUT2D eigenvalue weighted by atomic mass is 32.2. The zero-order valence-corrected chi connectivity index (χ0v) is 57.3. The number of likely N-dealkylation sites (N-methyl/N-ethyl adjacent to an activating group) is 1. The van der Waals surface area contributed by atoms with Crippen LogP contribution in [0.25, 0.3) is 0 Å². The first-order valence-corrected chi connectivity index (χ1v) is 40.3. The Bertz CT molecular complexity index is 1310. The molecule has 0 radical (unpaired) electrons. The second-order valence-electron chi connectivity index (χ2n) is 25.1. The van der Waals surface area contributed by atoms with Gasteiger partial charge in [-0.2, -0.15) is 31.9 Å². The molecule has 2 atom stereocenters. The summed E-state index contributed by atoms with van der Waals surface area (Å²) in [6, 6.07) is 0. The summed E-state index contributed by atoms with van der Waals surface area (Å²) in [5.41, 5.74) is 0. The molecule has 476 valence electrons. The van der Waals surface area contributed by atoms with Crippen LogP contribution in [-0.2, 0) is 23.7 Å². The molecule has 0 aromatic carbocycles. The van der Waals surface area contributed by atoms with E-state index in [4.69, 9.17) is 9.05 Å². The maximum Gasteiger partial charge on any atom is 0.405 e. The van der Waals surface area contributed by atoms with Crippen LogP contribution < -0.4 is 5.09 Å². The zero-order valence-electron chi connectivity index (χ0n) is 54.0. The van der Waals surface area contributed by atoms with E-state index in [9.17, 15) is 17.5 Å². The number of nitrogens with one attached hydrogen (secondary N) is 1. The summed E-state index contributed by atoms with van der Waals surface area (Å²) >= 11 is 4.57. The third-order valence-corrected chi connectivity index (χ3v) is 21.9. The minimum Gasteiger partial charge on any atom is -0.327 e. The SMILES string of the molecule is CCCCCCCCCCCCSC(CCCCCCCCC)CCCCCCCCOP(=O)(NCC[N+](C)(C)CCCS(=O)(=O)O)OCCCCCCCCC(CCCCCCCCC)SCCCCCCCCCCCC. The van der Waals surface area contributed by atoms with Crippen molar-refractivity contribution in [2.75, 3.05) is 64.2 Å². The number of nitrogens with zero attached hydrogens (tertiary/aromatic N) is 1. The van der Waals surface area contributed by atoms with Gasteiger partial charge >= 0.3 is 7.75 Å². The molecule has 0 aliphatic heterocycles. The molecular weight excluding hydrogens is 1060 g/mol. The molecule has 8 nitrogen and oxygen atoms in total. The van der Waals surface area contributed by atoms with Gasteiger partial charge in [-0.25, -0.2) is 9.65 Å². The number of thioether (sulfide) groups is 2. The predicted molar refractivity (Wildman–Crippen MR) is 356 cm³/mol. The minimum atomic E-state index is -3.99. The van der Waals surface area contributed by atoms with Crippen LogP contribution in [0.4, 0.5) is 0 Å². The lowest BCUT2D eigenvalue weighted by Gasteiger charge is -2.30. The normalized spacial score (nSPS) is 13.9. The summed E-state index contributed by atoms with van der Waals surface area (Å²) in [4.78, 5) is 0. The smallest absolute Gasteiger partial charge is 0.327 e. The van der Waals surface area contributed by atoms with Crippen molar-refractivity contribution in [2.45, 2.75) is 366 Å². The largest absolute Gasteiger partial charge is 0.405 e. The van der Waals surface area contributed by atoms with Gasteiger partial charge in [0.2, 0.25) is 0 Å². The molecule has 0 amide bonds. The van der Waals surface area contributed by atoms with Crippen molar-refractivity contribution < 1.29 is 31.1 Å². The Morgan fingerprint density at radius 1 is 0.392 bits per heavy atom. The molecule has 12 heteroatoms. The monoisotopic (exact) mass is 1200 g/mol. The topological polar surface area (TPSA) is 102 Å². The van der Waals surface area contributed by atoms with Crippen LogP contribution >= 0.6 is 31.3 Å². The maximum atomic E-state index is 14.1. The Morgan fingerprint density at radius 2 is 0.658 bits per heavy atom. The van der Waals surface area contributed by atoms with E-state index in [1.807, 2.05) is 14.1 Å². The van der Waals surface area contributed by atoms with Gasteiger partial charge in [0.25, 0.3) is 10.1 Å². The summed E-state index contributed by atoms with van der Waals surface area (Å²) in [6.45, 7) is 11.7. The molecule has 2 N–H and O–H groups in total. The van der Waals surface area contributed by atoms with E-state index in [0.717, 1.165) is 36.2 Å². The maximum absolute atomic E-state index is 14.1. The first-order chi connectivity index (χ1) is 38.4. The highest BCUT2D eigenvalue weighted by Gasteiger charge is 2.26. The average molecular weight is 1200 g/mol. The van der Waals surface area contributed by atoms with Crippen LogP contribution in [0.1, 0.15) is 355 Å². The van der Waals surface area contributed by atoms with Gasteiger partial charge in [-0.05, 0) is 62.9 Å². The molecule has 0 spiro atoms. The molecule has 0 aliphatic rings. The van der Waals surface area contributed by atoms with Crippen molar-refractivity contribution in [3.05, 3.63) is 0 Å². The third-order valence-electron chi connectivity index (χ3n) is 16.5. The van der Waals surface area contributed by atoms with Gasteiger partial charge in [0, 0.05) is 16.9 Å². The van der Waals surface area contributed by atoms with Gasteiger partial charge in [0.15, 0.2) is 0 Å². The molecule has 0 saturated heterocycles. The van der Waals surface area contributed by atoms with Crippen molar-refractivity contribution in [1.82, 2.24) is 5.09 Å². The van der Waals surface area contributed by atoms with E-state index >= 15 is 0 Å². The Balaban J connectivity index is 4.88. The fraction of sp³-hybridized carbons (Fsp3) is 1.00. The van der Waals surface area contributed by atoms with Crippen LogP contribution in [0.15, 0.2) is 0 Å². The number of quaternary nitrogens is 1. The van der Waals surface area contributed by atoms with Gasteiger partial charge in [-0.3, -0.25) is 13.6 Å². The standard InChI is InChI=1S/C67H139N2O6PS3/c1-7-11-15-19-23-25-27-35-43-51-63-77-66(54-45-37-29-21-17-13-9-3)56-47-39-31-33-41-49-61-74-76(70,68-58-60-69(5,6)59-53-65-79(71,72)73)75-62-50-42-34-32-40-48-57-67(55-46-38-30-22-18-14-10-4)78-64-52-44-36-28-26-24-20-16-12-8-2/h66-67H,7-65H2,1-6H3,(H-,68,70,71,72,73)/p+1. The highest BCUT2D eigenvalue weighted by molar-refractivity contribution is 8.00.